The number of amides is 1. The van der Waals surface area contributed by atoms with Crippen LogP contribution in [0.1, 0.15) is 40.5 Å². The van der Waals surface area contributed by atoms with Gasteiger partial charge in [-0.1, -0.05) is 18.2 Å². The lowest BCUT2D eigenvalue weighted by molar-refractivity contribution is -0.138. The molecule has 1 saturated heterocycles. The first kappa shape index (κ1) is 19.0. The van der Waals surface area contributed by atoms with Gasteiger partial charge in [0.2, 0.25) is 5.82 Å². The van der Waals surface area contributed by atoms with E-state index in [1.54, 1.807) is 17.0 Å². The Morgan fingerprint density at radius 3 is 2.40 bits per heavy atom. The Morgan fingerprint density at radius 1 is 1.00 bits per heavy atom. The Bertz CT molecular complexity index is 1110. The van der Waals surface area contributed by atoms with E-state index in [0.717, 1.165) is 6.07 Å². The van der Waals surface area contributed by atoms with Crippen LogP contribution in [-0.2, 0) is 6.18 Å². The molecule has 5 rings (SSSR count). The standard InChI is InChI=1S/C21H18F4N4O/c22-15-5-6-18-26-27-19(29(18)11-15)20(30)28-9-13-7-12(8-14(13)10-28)16-3-1-2-4-17(16)21(23,24)25/h1-6,11-14H,7-10H2/t12?,13-,14?/m1/s1. The molecule has 0 N–H and O–H groups in total. The van der Waals surface area contributed by atoms with E-state index < -0.39 is 17.6 Å². The smallest absolute Gasteiger partial charge is 0.335 e. The first-order valence-corrected chi connectivity index (χ1v) is 9.77. The van der Waals surface area contributed by atoms with Crippen LogP contribution in [0.2, 0.25) is 0 Å². The summed E-state index contributed by atoms with van der Waals surface area (Å²) in [5.41, 5.74) is 0.152. The Kier molecular flexibility index (Phi) is 4.30. The van der Waals surface area contributed by atoms with Crippen molar-refractivity contribution in [2.45, 2.75) is 24.9 Å². The molecule has 2 aliphatic rings. The van der Waals surface area contributed by atoms with Crippen LogP contribution in [-0.4, -0.2) is 38.5 Å². The van der Waals surface area contributed by atoms with Crippen molar-refractivity contribution in [1.29, 1.82) is 0 Å². The van der Waals surface area contributed by atoms with Gasteiger partial charge in [-0.3, -0.25) is 9.20 Å². The van der Waals surface area contributed by atoms with E-state index >= 15 is 0 Å². The number of carbonyl (C=O) groups excluding carboxylic acids is 1. The lowest BCUT2D eigenvalue weighted by Crippen LogP contribution is -2.31. The molecule has 1 amide bonds. The minimum Gasteiger partial charge on any atom is -0.335 e. The number of aromatic nitrogens is 3. The molecule has 30 heavy (non-hydrogen) atoms. The van der Waals surface area contributed by atoms with Crippen LogP contribution in [0.25, 0.3) is 5.65 Å². The number of halogens is 4. The number of hydrogen-bond acceptors (Lipinski definition) is 3. The van der Waals surface area contributed by atoms with Crippen LogP contribution in [0.5, 0.6) is 0 Å². The number of alkyl halides is 3. The highest BCUT2D eigenvalue weighted by Gasteiger charge is 2.45. The highest BCUT2D eigenvalue weighted by atomic mass is 19.4. The second-order valence-corrected chi connectivity index (χ2v) is 8.08. The molecular formula is C21H18F4N4O. The third-order valence-electron chi connectivity index (χ3n) is 6.30. The molecule has 0 bridgehead atoms. The van der Waals surface area contributed by atoms with Gasteiger partial charge in [0.1, 0.15) is 5.82 Å². The van der Waals surface area contributed by atoms with Gasteiger partial charge in [-0.25, -0.2) is 4.39 Å². The van der Waals surface area contributed by atoms with Gasteiger partial charge in [0, 0.05) is 19.3 Å². The normalized spacial score (nSPS) is 23.9. The Morgan fingerprint density at radius 2 is 1.70 bits per heavy atom. The fourth-order valence-corrected chi connectivity index (χ4v) is 4.98. The van der Waals surface area contributed by atoms with Crippen molar-refractivity contribution in [3.05, 3.63) is 65.4 Å². The zero-order valence-corrected chi connectivity index (χ0v) is 15.8. The summed E-state index contributed by atoms with van der Waals surface area (Å²) in [5.74, 6) is -0.690. The highest BCUT2D eigenvalue weighted by molar-refractivity contribution is 5.91. The number of fused-ring (bicyclic) bond motifs is 2. The van der Waals surface area contributed by atoms with Gasteiger partial charge >= 0.3 is 6.18 Å². The number of likely N-dealkylation sites (tertiary alicyclic amines) is 1. The number of nitrogens with zero attached hydrogens (tertiary/aromatic N) is 4. The summed E-state index contributed by atoms with van der Waals surface area (Å²) in [7, 11) is 0. The second-order valence-electron chi connectivity index (χ2n) is 8.08. The van der Waals surface area contributed by atoms with Crippen molar-refractivity contribution in [3.63, 3.8) is 0 Å². The molecule has 3 aromatic rings. The molecule has 3 heterocycles. The van der Waals surface area contributed by atoms with Crippen molar-refractivity contribution < 1.29 is 22.4 Å². The van der Waals surface area contributed by atoms with Crippen LogP contribution in [0, 0.1) is 17.7 Å². The van der Waals surface area contributed by atoms with Crippen molar-refractivity contribution in [1.82, 2.24) is 19.5 Å². The third-order valence-corrected chi connectivity index (χ3v) is 6.30. The first-order chi connectivity index (χ1) is 14.3. The van der Waals surface area contributed by atoms with Crippen molar-refractivity contribution >= 4 is 11.6 Å². The van der Waals surface area contributed by atoms with Gasteiger partial charge in [0.25, 0.3) is 5.91 Å². The predicted octanol–water partition coefficient (Wildman–Crippen LogP) is 4.15. The van der Waals surface area contributed by atoms with Crippen LogP contribution in [0.3, 0.4) is 0 Å². The Balaban J connectivity index is 1.33. The average molecular weight is 418 g/mol. The Labute approximate surface area is 169 Å². The van der Waals surface area contributed by atoms with E-state index in [4.69, 9.17) is 0 Å². The molecule has 1 saturated carbocycles. The largest absolute Gasteiger partial charge is 0.416 e. The number of pyridine rings is 1. The fraction of sp³-hybridized carbons (Fsp3) is 0.381. The summed E-state index contributed by atoms with van der Waals surface area (Å²) in [6.07, 6.45) is -1.99. The average Bonchev–Trinajstić information content (AvgIpc) is 3.39. The molecule has 9 heteroatoms. The molecule has 1 aromatic carbocycles. The maximum Gasteiger partial charge on any atom is 0.416 e. The van der Waals surface area contributed by atoms with Crippen LogP contribution >= 0.6 is 0 Å². The number of hydrogen-bond donors (Lipinski definition) is 0. The van der Waals surface area contributed by atoms with Crippen LogP contribution in [0.4, 0.5) is 17.6 Å². The number of benzene rings is 1. The second kappa shape index (κ2) is 6.78. The third kappa shape index (κ3) is 3.12. The maximum atomic E-state index is 13.6. The van der Waals surface area contributed by atoms with Gasteiger partial charge < -0.3 is 4.90 Å². The molecule has 2 aromatic heterocycles. The van der Waals surface area contributed by atoms with E-state index in [1.807, 2.05) is 0 Å². The zero-order valence-electron chi connectivity index (χ0n) is 15.8. The van der Waals surface area contributed by atoms with Crippen LogP contribution < -0.4 is 0 Å². The van der Waals surface area contributed by atoms with Gasteiger partial charge in [0.15, 0.2) is 5.65 Å². The number of carbonyl (C=O) groups is 1. The number of rotatable bonds is 2. The fourth-order valence-electron chi connectivity index (χ4n) is 4.98. The van der Waals surface area contributed by atoms with Gasteiger partial charge in [-0.15, -0.1) is 10.2 Å². The van der Waals surface area contributed by atoms with E-state index in [0.29, 0.717) is 37.1 Å². The summed E-state index contributed by atoms with van der Waals surface area (Å²) in [6, 6.07) is 8.44. The minimum atomic E-state index is -4.37. The quantitative estimate of drug-likeness (QED) is 0.588. The van der Waals surface area contributed by atoms with Gasteiger partial charge in [0.05, 0.1) is 5.56 Å². The van der Waals surface area contributed by atoms with E-state index in [-0.39, 0.29) is 29.5 Å². The van der Waals surface area contributed by atoms with Gasteiger partial charge in [-0.05, 0) is 54.4 Å². The lowest BCUT2D eigenvalue weighted by Gasteiger charge is -2.21. The summed E-state index contributed by atoms with van der Waals surface area (Å²) in [4.78, 5) is 14.6. The van der Waals surface area contributed by atoms with Crippen molar-refractivity contribution in [3.8, 4) is 0 Å². The molecule has 156 valence electrons. The molecule has 0 radical (unpaired) electrons. The summed E-state index contributed by atoms with van der Waals surface area (Å²) in [5, 5.41) is 7.81. The van der Waals surface area contributed by atoms with Crippen LogP contribution in [0.15, 0.2) is 42.6 Å². The molecule has 1 aliphatic carbocycles. The molecule has 5 nitrogen and oxygen atoms in total. The minimum absolute atomic E-state index is 0.0449. The monoisotopic (exact) mass is 418 g/mol. The van der Waals surface area contributed by atoms with E-state index in [2.05, 4.69) is 10.2 Å². The molecule has 0 spiro atoms. The zero-order chi connectivity index (χ0) is 21.0. The summed E-state index contributed by atoms with van der Waals surface area (Å²) >= 11 is 0. The van der Waals surface area contributed by atoms with Gasteiger partial charge in [-0.2, -0.15) is 13.2 Å². The van der Waals surface area contributed by atoms with E-state index in [1.165, 1.54) is 28.8 Å². The topological polar surface area (TPSA) is 50.5 Å². The highest BCUT2D eigenvalue weighted by Crippen LogP contribution is 2.48. The SMILES string of the molecule is O=C(c1nnc2ccc(F)cn12)N1CC2CC(c3ccccc3C(F)(F)F)C[C@@H]2C1. The van der Waals surface area contributed by atoms with Crippen molar-refractivity contribution in [2.75, 3.05) is 13.1 Å². The maximum absolute atomic E-state index is 13.6. The summed E-state index contributed by atoms with van der Waals surface area (Å²) < 4.78 is 55.0. The molecular weight excluding hydrogens is 400 g/mol. The molecule has 1 aliphatic heterocycles. The van der Waals surface area contributed by atoms with E-state index in [9.17, 15) is 22.4 Å². The molecule has 2 unspecified atom stereocenters. The van der Waals surface area contributed by atoms with Crippen molar-refractivity contribution in [2.24, 2.45) is 11.8 Å². The molecule has 2 fully saturated rings. The first-order valence-electron chi connectivity index (χ1n) is 9.77. The Hall–Kier alpha value is -2.97. The predicted molar refractivity (Wildman–Crippen MR) is 99.2 cm³/mol. The summed E-state index contributed by atoms with van der Waals surface area (Å²) in [6.45, 7) is 0.914. The molecule has 3 atom stereocenters. The lowest BCUT2D eigenvalue weighted by atomic mass is 9.91.